The molecule has 0 aliphatic carbocycles. The maximum Gasteiger partial charge on any atom is 0.234 e. The zero-order valence-electron chi connectivity index (χ0n) is 9.38. The number of nitrogens with zero attached hydrogens (tertiary/aromatic N) is 1. The highest BCUT2D eigenvalue weighted by Gasteiger charge is 2.11. The number of thioether (sulfide) groups is 1. The predicted molar refractivity (Wildman–Crippen MR) is 66.5 cm³/mol. The molecule has 0 aliphatic rings. The van der Waals surface area contributed by atoms with Crippen LogP contribution in [0.4, 0.5) is 5.69 Å². The summed E-state index contributed by atoms with van der Waals surface area (Å²) in [5, 5.41) is 12.0. The highest BCUT2D eigenvalue weighted by molar-refractivity contribution is 8.00. The molecule has 1 aromatic rings. The predicted octanol–water partition coefficient (Wildman–Crippen LogP) is 1.52. The summed E-state index contributed by atoms with van der Waals surface area (Å²) in [4.78, 5) is 15.4. The van der Waals surface area contributed by atoms with Crippen molar-refractivity contribution < 1.29 is 9.90 Å². The van der Waals surface area contributed by atoms with E-state index in [4.69, 9.17) is 0 Å². The summed E-state index contributed by atoms with van der Waals surface area (Å²) in [6.07, 6.45) is 2.84. The fourth-order valence-electron chi connectivity index (χ4n) is 0.980. The first-order valence-electron chi connectivity index (χ1n) is 5.09. The Balaban J connectivity index is 2.32. The lowest BCUT2D eigenvalue weighted by molar-refractivity contribution is -0.113. The van der Waals surface area contributed by atoms with Crippen LogP contribution < -0.4 is 5.32 Å². The normalized spacial score (nSPS) is 14.2. The maximum absolute atomic E-state index is 11.5. The van der Waals surface area contributed by atoms with E-state index in [-0.39, 0.29) is 11.2 Å². The highest BCUT2D eigenvalue weighted by Crippen LogP contribution is 2.14. The van der Waals surface area contributed by atoms with Crippen molar-refractivity contribution in [2.45, 2.75) is 25.2 Å². The number of carbonyl (C=O) groups is 1. The van der Waals surface area contributed by atoms with Crippen molar-refractivity contribution in [2.24, 2.45) is 0 Å². The number of aliphatic hydroxyl groups is 1. The van der Waals surface area contributed by atoms with E-state index in [1.165, 1.54) is 11.8 Å². The van der Waals surface area contributed by atoms with Gasteiger partial charge in [-0.3, -0.25) is 9.78 Å². The zero-order chi connectivity index (χ0) is 12.0. The Bertz CT molecular complexity index is 330. The Morgan fingerprint density at radius 2 is 2.38 bits per heavy atom. The lowest BCUT2D eigenvalue weighted by atomic mass is 10.3. The third-order valence-corrected chi connectivity index (χ3v) is 3.45. The van der Waals surface area contributed by atoms with Gasteiger partial charge in [0.2, 0.25) is 5.91 Å². The van der Waals surface area contributed by atoms with Crippen LogP contribution in [0.2, 0.25) is 0 Å². The molecule has 16 heavy (non-hydrogen) atoms. The molecule has 88 valence electrons. The molecule has 0 radical (unpaired) electrons. The van der Waals surface area contributed by atoms with E-state index in [2.05, 4.69) is 10.3 Å². The van der Waals surface area contributed by atoms with Gasteiger partial charge in [0, 0.05) is 11.4 Å². The quantitative estimate of drug-likeness (QED) is 0.819. The van der Waals surface area contributed by atoms with Crippen LogP contribution in [-0.4, -0.2) is 33.1 Å². The molecule has 4 nitrogen and oxygen atoms in total. The first-order valence-corrected chi connectivity index (χ1v) is 6.14. The number of pyridine rings is 1. The monoisotopic (exact) mass is 240 g/mol. The van der Waals surface area contributed by atoms with Crippen molar-refractivity contribution in [1.29, 1.82) is 0 Å². The molecule has 1 rings (SSSR count). The Hall–Kier alpha value is -1.07. The molecule has 0 saturated carbocycles. The molecule has 2 atom stereocenters. The van der Waals surface area contributed by atoms with Gasteiger partial charge in [-0.25, -0.2) is 0 Å². The largest absolute Gasteiger partial charge is 0.392 e. The van der Waals surface area contributed by atoms with E-state index in [0.717, 1.165) is 0 Å². The minimum atomic E-state index is -0.406. The summed E-state index contributed by atoms with van der Waals surface area (Å²) >= 11 is 1.43. The minimum Gasteiger partial charge on any atom is -0.392 e. The third kappa shape index (κ3) is 4.63. The number of anilines is 1. The molecule has 0 aromatic carbocycles. The number of hydrogen-bond acceptors (Lipinski definition) is 4. The van der Waals surface area contributed by atoms with E-state index in [0.29, 0.717) is 11.4 Å². The van der Waals surface area contributed by atoms with E-state index in [9.17, 15) is 9.90 Å². The van der Waals surface area contributed by atoms with Crippen LogP contribution in [0.3, 0.4) is 0 Å². The Morgan fingerprint density at radius 1 is 1.62 bits per heavy atom. The van der Waals surface area contributed by atoms with Crippen molar-refractivity contribution in [3.63, 3.8) is 0 Å². The van der Waals surface area contributed by atoms with Gasteiger partial charge in [-0.05, 0) is 19.1 Å². The number of carbonyl (C=O) groups excluding carboxylic acids is 1. The van der Waals surface area contributed by atoms with Crippen LogP contribution in [-0.2, 0) is 4.79 Å². The van der Waals surface area contributed by atoms with Crippen molar-refractivity contribution in [2.75, 3.05) is 11.1 Å². The second-order valence-corrected chi connectivity index (χ2v) is 4.91. The van der Waals surface area contributed by atoms with Gasteiger partial charge in [0.1, 0.15) is 0 Å². The van der Waals surface area contributed by atoms with Gasteiger partial charge >= 0.3 is 0 Å². The molecule has 1 aromatic heterocycles. The number of aliphatic hydroxyl groups excluding tert-OH is 1. The molecule has 0 spiro atoms. The molecule has 0 aliphatic heterocycles. The van der Waals surface area contributed by atoms with Crippen molar-refractivity contribution in [1.82, 2.24) is 4.98 Å². The number of amides is 1. The summed E-state index contributed by atoms with van der Waals surface area (Å²) < 4.78 is 0. The third-order valence-electron chi connectivity index (χ3n) is 2.10. The molecule has 0 bridgehead atoms. The summed E-state index contributed by atoms with van der Waals surface area (Å²) in [5.74, 6) is 0.256. The average Bonchev–Trinajstić information content (AvgIpc) is 2.27. The van der Waals surface area contributed by atoms with E-state index < -0.39 is 6.10 Å². The first kappa shape index (κ1) is 13.0. The molecule has 1 amide bonds. The maximum atomic E-state index is 11.5. The van der Waals surface area contributed by atoms with Gasteiger partial charge in [-0.15, -0.1) is 11.8 Å². The lowest BCUT2D eigenvalue weighted by Gasteiger charge is -2.13. The number of rotatable bonds is 5. The van der Waals surface area contributed by atoms with E-state index in [1.807, 2.05) is 6.92 Å². The average molecular weight is 240 g/mol. The fourth-order valence-corrected chi connectivity index (χ4v) is 1.75. The molecular weight excluding hydrogens is 224 g/mol. The second kappa shape index (κ2) is 6.50. The SMILES string of the molecule is C[C@H](O)[C@H](C)SCC(=O)Nc1cccnc1. The van der Waals surface area contributed by atoms with Crippen molar-refractivity contribution in [3.8, 4) is 0 Å². The summed E-state index contributed by atoms with van der Waals surface area (Å²) in [5.41, 5.74) is 0.692. The van der Waals surface area contributed by atoms with Crippen LogP contribution in [0.5, 0.6) is 0 Å². The summed E-state index contributed by atoms with van der Waals surface area (Å²) in [6, 6.07) is 3.55. The smallest absolute Gasteiger partial charge is 0.234 e. The van der Waals surface area contributed by atoms with Gasteiger partial charge in [-0.2, -0.15) is 0 Å². The van der Waals surface area contributed by atoms with Crippen LogP contribution in [0.1, 0.15) is 13.8 Å². The molecule has 2 N–H and O–H groups in total. The summed E-state index contributed by atoms with van der Waals surface area (Å²) in [6.45, 7) is 3.61. The molecule has 0 saturated heterocycles. The Labute approximate surface area is 99.5 Å². The zero-order valence-corrected chi connectivity index (χ0v) is 10.2. The van der Waals surface area contributed by atoms with Crippen LogP contribution in [0, 0.1) is 0 Å². The van der Waals surface area contributed by atoms with Crippen molar-refractivity contribution in [3.05, 3.63) is 24.5 Å². The molecular formula is C11H16N2O2S. The van der Waals surface area contributed by atoms with Crippen LogP contribution in [0.25, 0.3) is 0 Å². The number of aromatic nitrogens is 1. The van der Waals surface area contributed by atoms with Gasteiger partial charge in [-0.1, -0.05) is 6.92 Å². The summed E-state index contributed by atoms with van der Waals surface area (Å²) in [7, 11) is 0. The molecule has 0 fully saturated rings. The highest BCUT2D eigenvalue weighted by atomic mass is 32.2. The van der Waals surface area contributed by atoms with Gasteiger partial charge in [0.25, 0.3) is 0 Å². The second-order valence-electron chi connectivity index (χ2n) is 3.55. The fraction of sp³-hybridized carbons (Fsp3) is 0.455. The lowest BCUT2D eigenvalue weighted by Crippen LogP contribution is -2.20. The van der Waals surface area contributed by atoms with E-state index in [1.54, 1.807) is 31.5 Å². The standard InChI is InChI=1S/C11H16N2O2S/c1-8(14)9(2)16-7-11(15)13-10-4-3-5-12-6-10/h3-6,8-9,14H,7H2,1-2H3,(H,13,15)/t8-,9-/m0/s1. The molecule has 0 unspecified atom stereocenters. The Morgan fingerprint density at radius 3 is 2.94 bits per heavy atom. The number of nitrogens with one attached hydrogen (secondary N) is 1. The van der Waals surface area contributed by atoms with Crippen LogP contribution >= 0.6 is 11.8 Å². The topological polar surface area (TPSA) is 62.2 Å². The van der Waals surface area contributed by atoms with Crippen LogP contribution in [0.15, 0.2) is 24.5 Å². The molecule has 1 heterocycles. The number of hydrogen-bond donors (Lipinski definition) is 2. The van der Waals surface area contributed by atoms with Crippen molar-refractivity contribution >= 4 is 23.4 Å². The van der Waals surface area contributed by atoms with Gasteiger partial charge in [0.15, 0.2) is 0 Å². The Kier molecular flexibility index (Phi) is 5.28. The first-order chi connectivity index (χ1) is 7.59. The van der Waals surface area contributed by atoms with E-state index >= 15 is 0 Å². The molecule has 5 heteroatoms. The minimum absolute atomic E-state index is 0.0552. The van der Waals surface area contributed by atoms with Gasteiger partial charge in [0.05, 0.1) is 23.7 Å². The van der Waals surface area contributed by atoms with Gasteiger partial charge < -0.3 is 10.4 Å².